The third kappa shape index (κ3) is 2.85. The van der Waals surface area contributed by atoms with Crippen LogP contribution in [0.1, 0.15) is 37.3 Å². The lowest BCUT2D eigenvalue weighted by molar-refractivity contribution is -0.108. The van der Waals surface area contributed by atoms with Crippen molar-refractivity contribution in [1.29, 1.82) is 0 Å². The molecular weight excluding hydrogens is 268 g/mol. The molecule has 0 bridgehead atoms. The number of hydrogen-bond donors (Lipinski definition) is 0. The average Bonchev–Trinajstić information content (AvgIpc) is 2.28. The second-order valence-corrected chi connectivity index (χ2v) is 4.71. The Bertz CT molecular complexity index is 374. The van der Waals surface area contributed by atoms with Crippen LogP contribution >= 0.6 is 15.9 Å². The first kappa shape index (κ1) is 13.2. The SMILES string of the molecule is CCc1cc(Br)c(OC)c(C(C)CC=O)c1. The van der Waals surface area contributed by atoms with Gasteiger partial charge < -0.3 is 9.53 Å². The molecule has 3 heteroatoms. The molecule has 1 rings (SSSR count). The number of methoxy groups -OCH3 is 1. The average molecular weight is 285 g/mol. The predicted molar refractivity (Wildman–Crippen MR) is 69.2 cm³/mol. The zero-order chi connectivity index (χ0) is 12.1. The maximum atomic E-state index is 10.6. The van der Waals surface area contributed by atoms with Gasteiger partial charge >= 0.3 is 0 Å². The lowest BCUT2D eigenvalue weighted by Crippen LogP contribution is -2.01. The van der Waals surface area contributed by atoms with E-state index in [1.54, 1.807) is 7.11 Å². The van der Waals surface area contributed by atoms with Crippen LogP contribution in [0.4, 0.5) is 0 Å². The summed E-state index contributed by atoms with van der Waals surface area (Å²) in [4.78, 5) is 10.6. The normalized spacial score (nSPS) is 12.2. The molecule has 1 aromatic carbocycles. The van der Waals surface area contributed by atoms with Crippen LogP contribution in [-0.4, -0.2) is 13.4 Å². The third-order valence-corrected chi connectivity index (χ3v) is 3.31. The van der Waals surface area contributed by atoms with E-state index in [1.807, 2.05) is 6.92 Å². The number of carbonyl (C=O) groups is 1. The fraction of sp³-hybridized carbons (Fsp3) is 0.462. The molecule has 2 nitrogen and oxygen atoms in total. The predicted octanol–water partition coefficient (Wildman–Crippen LogP) is 3.71. The first-order valence-electron chi connectivity index (χ1n) is 5.43. The molecule has 0 saturated carbocycles. The van der Waals surface area contributed by atoms with Gasteiger partial charge in [0.15, 0.2) is 0 Å². The minimum Gasteiger partial charge on any atom is -0.495 e. The number of hydrogen-bond acceptors (Lipinski definition) is 2. The van der Waals surface area contributed by atoms with Crippen molar-refractivity contribution in [3.8, 4) is 5.75 Å². The molecule has 1 atom stereocenters. The highest BCUT2D eigenvalue weighted by atomic mass is 79.9. The number of ether oxygens (including phenoxy) is 1. The minimum absolute atomic E-state index is 0.190. The van der Waals surface area contributed by atoms with Gasteiger partial charge in [0.05, 0.1) is 11.6 Å². The number of benzene rings is 1. The first-order valence-corrected chi connectivity index (χ1v) is 6.23. The van der Waals surface area contributed by atoms with Crippen LogP contribution in [0, 0.1) is 0 Å². The highest BCUT2D eigenvalue weighted by molar-refractivity contribution is 9.10. The van der Waals surface area contributed by atoms with E-state index in [2.05, 4.69) is 35.0 Å². The topological polar surface area (TPSA) is 26.3 Å². The molecule has 1 aromatic rings. The first-order chi connectivity index (χ1) is 7.63. The molecule has 0 aliphatic carbocycles. The van der Waals surface area contributed by atoms with Gasteiger partial charge in [-0.25, -0.2) is 0 Å². The van der Waals surface area contributed by atoms with Gasteiger partial charge in [-0.2, -0.15) is 0 Å². The number of halogens is 1. The van der Waals surface area contributed by atoms with Crippen molar-refractivity contribution in [3.63, 3.8) is 0 Å². The largest absolute Gasteiger partial charge is 0.495 e. The lowest BCUT2D eigenvalue weighted by atomic mass is 9.95. The maximum Gasteiger partial charge on any atom is 0.136 e. The van der Waals surface area contributed by atoms with E-state index in [9.17, 15) is 4.79 Å². The number of aldehydes is 1. The van der Waals surface area contributed by atoms with Gasteiger partial charge in [0, 0.05) is 6.42 Å². The van der Waals surface area contributed by atoms with E-state index in [4.69, 9.17) is 4.74 Å². The van der Waals surface area contributed by atoms with Crippen LogP contribution < -0.4 is 4.74 Å². The summed E-state index contributed by atoms with van der Waals surface area (Å²) in [6.07, 6.45) is 2.45. The van der Waals surface area contributed by atoms with Gasteiger partial charge in [-0.15, -0.1) is 0 Å². The van der Waals surface area contributed by atoms with Gasteiger partial charge in [-0.1, -0.05) is 19.9 Å². The van der Waals surface area contributed by atoms with E-state index in [-0.39, 0.29) is 5.92 Å². The molecule has 1 unspecified atom stereocenters. The summed E-state index contributed by atoms with van der Waals surface area (Å²) in [5.41, 5.74) is 2.35. The summed E-state index contributed by atoms with van der Waals surface area (Å²) < 4.78 is 6.34. The van der Waals surface area contributed by atoms with Crippen LogP contribution in [0.15, 0.2) is 16.6 Å². The Kier molecular flexibility index (Phi) is 5.00. The molecule has 0 aromatic heterocycles. The summed E-state index contributed by atoms with van der Waals surface area (Å²) in [6, 6.07) is 4.19. The molecule has 0 saturated heterocycles. The van der Waals surface area contributed by atoms with E-state index in [0.29, 0.717) is 6.42 Å². The van der Waals surface area contributed by atoms with E-state index < -0.39 is 0 Å². The highest BCUT2D eigenvalue weighted by Crippen LogP contribution is 2.36. The van der Waals surface area contributed by atoms with Crippen molar-refractivity contribution in [1.82, 2.24) is 0 Å². The number of rotatable bonds is 5. The Hall–Kier alpha value is -0.830. The van der Waals surface area contributed by atoms with E-state index in [1.165, 1.54) is 5.56 Å². The fourth-order valence-corrected chi connectivity index (χ4v) is 2.41. The molecule has 0 radical (unpaired) electrons. The number of carbonyl (C=O) groups excluding carboxylic acids is 1. The molecule has 16 heavy (non-hydrogen) atoms. The highest BCUT2D eigenvalue weighted by Gasteiger charge is 2.15. The second-order valence-electron chi connectivity index (χ2n) is 3.86. The summed E-state index contributed by atoms with van der Waals surface area (Å²) in [7, 11) is 1.66. The van der Waals surface area contributed by atoms with E-state index in [0.717, 1.165) is 28.5 Å². The standard InChI is InChI=1S/C13H17BrO2/c1-4-10-7-11(9(2)5-6-15)13(16-3)12(14)8-10/h6-9H,4-5H2,1-3H3. The minimum atomic E-state index is 0.190. The summed E-state index contributed by atoms with van der Waals surface area (Å²) in [5, 5.41) is 0. The Labute approximate surface area is 105 Å². The zero-order valence-corrected chi connectivity index (χ0v) is 11.5. The maximum absolute atomic E-state index is 10.6. The smallest absolute Gasteiger partial charge is 0.136 e. The van der Waals surface area contributed by atoms with Crippen molar-refractivity contribution < 1.29 is 9.53 Å². The molecule has 0 aliphatic rings. The molecule has 0 fully saturated rings. The van der Waals surface area contributed by atoms with Crippen LogP contribution in [-0.2, 0) is 11.2 Å². The number of aryl methyl sites for hydroxylation is 1. The van der Waals surface area contributed by atoms with Crippen LogP contribution in [0.25, 0.3) is 0 Å². The van der Waals surface area contributed by atoms with Crippen molar-refractivity contribution in [2.75, 3.05) is 7.11 Å². The van der Waals surface area contributed by atoms with Crippen molar-refractivity contribution in [2.45, 2.75) is 32.6 Å². The Morgan fingerprint density at radius 2 is 2.19 bits per heavy atom. The summed E-state index contributed by atoms with van der Waals surface area (Å²) in [5.74, 6) is 1.03. The van der Waals surface area contributed by atoms with Crippen LogP contribution in [0.3, 0.4) is 0 Å². The Morgan fingerprint density at radius 1 is 1.50 bits per heavy atom. The monoisotopic (exact) mass is 284 g/mol. The molecule has 88 valence electrons. The Morgan fingerprint density at radius 3 is 2.69 bits per heavy atom. The van der Waals surface area contributed by atoms with Crippen molar-refractivity contribution in [2.24, 2.45) is 0 Å². The van der Waals surface area contributed by atoms with Crippen LogP contribution in [0.5, 0.6) is 5.75 Å². The zero-order valence-electron chi connectivity index (χ0n) is 9.92. The Balaban J connectivity index is 3.21. The molecular formula is C13H17BrO2. The third-order valence-electron chi connectivity index (χ3n) is 2.73. The van der Waals surface area contributed by atoms with Crippen LogP contribution in [0.2, 0.25) is 0 Å². The van der Waals surface area contributed by atoms with E-state index >= 15 is 0 Å². The summed E-state index contributed by atoms with van der Waals surface area (Å²) >= 11 is 3.51. The molecule has 0 spiro atoms. The quantitative estimate of drug-likeness (QED) is 0.771. The molecule has 0 aliphatic heterocycles. The van der Waals surface area contributed by atoms with Gasteiger partial charge in [0.25, 0.3) is 0 Å². The van der Waals surface area contributed by atoms with Gasteiger partial charge in [0.1, 0.15) is 12.0 Å². The van der Waals surface area contributed by atoms with Crippen molar-refractivity contribution >= 4 is 22.2 Å². The van der Waals surface area contributed by atoms with Gasteiger partial charge in [-0.3, -0.25) is 0 Å². The fourth-order valence-electron chi connectivity index (χ4n) is 1.73. The second kappa shape index (κ2) is 6.04. The van der Waals surface area contributed by atoms with Crippen molar-refractivity contribution in [3.05, 3.63) is 27.7 Å². The molecule has 0 N–H and O–H groups in total. The lowest BCUT2D eigenvalue weighted by Gasteiger charge is -2.16. The molecule has 0 amide bonds. The molecule has 0 heterocycles. The van der Waals surface area contributed by atoms with Gasteiger partial charge in [0.2, 0.25) is 0 Å². The summed E-state index contributed by atoms with van der Waals surface area (Å²) in [6.45, 7) is 4.15. The van der Waals surface area contributed by atoms with Gasteiger partial charge in [-0.05, 0) is 45.5 Å².